The van der Waals surface area contributed by atoms with E-state index in [1.807, 2.05) is 25.1 Å². The molecule has 15 heavy (non-hydrogen) atoms. The van der Waals surface area contributed by atoms with Crippen LogP contribution < -0.4 is 0 Å². The molecule has 80 valence electrons. The molecular formula is C11H12F2N2. The van der Waals surface area contributed by atoms with Gasteiger partial charge in [-0.25, -0.2) is 13.8 Å². The summed E-state index contributed by atoms with van der Waals surface area (Å²) in [5, 5.41) is 0. The summed E-state index contributed by atoms with van der Waals surface area (Å²) < 4.78 is 26.6. The van der Waals surface area contributed by atoms with Crippen molar-refractivity contribution in [3.63, 3.8) is 0 Å². The molecule has 4 heteroatoms. The zero-order valence-electron chi connectivity index (χ0n) is 8.67. The van der Waals surface area contributed by atoms with Crippen LogP contribution in [-0.2, 0) is 13.5 Å². The monoisotopic (exact) mass is 210 g/mol. The summed E-state index contributed by atoms with van der Waals surface area (Å²) in [5.74, 6) is -0.168. The van der Waals surface area contributed by atoms with E-state index in [1.54, 1.807) is 7.05 Å². The summed E-state index contributed by atoms with van der Waals surface area (Å²) in [6, 6.07) is 5.65. The van der Waals surface area contributed by atoms with Gasteiger partial charge in [-0.2, -0.15) is 0 Å². The maximum absolute atomic E-state index is 12.6. The van der Waals surface area contributed by atoms with Gasteiger partial charge in [0.05, 0.1) is 11.0 Å². The van der Waals surface area contributed by atoms with E-state index < -0.39 is 6.43 Å². The highest BCUT2D eigenvalue weighted by molar-refractivity contribution is 5.76. The lowest BCUT2D eigenvalue weighted by Crippen LogP contribution is -1.97. The van der Waals surface area contributed by atoms with Crippen LogP contribution in [0.4, 0.5) is 8.78 Å². The lowest BCUT2D eigenvalue weighted by Gasteiger charge is -2.00. The molecule has 2 aromatic rings. The SMILES string of the molecule is CCc1ccc2c(c1)nc(C(F)F)n2C. The van der Waals surface area contributed by atoms with Crippen molar-refractivity contribution in [1.29, 1.82) is 0 Å². The van der Waals surface area contributed by atoms with Crippen LogP contribution in [0, 0.1) is 0 Å². The van der Waals surface area contributed by atoms with Gasteiger partial charge in [-0.3, -0.25) is 0 Å². The van der Waals surface area contributed by atoms with Crippen molar-refractivity contribution in [2.75, 3.05) is 0 Å². The highest BCUT2D eigenvalue weighted by Gasteiger charge is 2.16. The predicted octanol–water partition coefficient (Wildman–Crippen LogP) is 3.07. The molecule has 0 saturated heterocycles. The first-order chi connectivity index (χ1) is 7.13. The van der Waals surface area contributed by atoms with Crippen molar-refractivity contribution in [1.82, 2.24) is 9.55 Å². The van der Waals surface area contributed by atoms with E-state index in [9.17, 15) is 8.78 Å². The number of halogens is 2. The standard InChI is InChI=1S/C11H12F2N2/c1-3-7-4-5-9-8(6-7)14-11(10(12)13)15(9)2/h4-6,10H,3H2,1-2H3. The maximum atomic E-state index is 12.6. The number of fused-ring (bicyclic) bond motifs is 1. The first-order valence-corrected chi connectivity index (χ1v) is 4.87. The second-order valence-electron chi connectivity index (χ2n) is 3.51. The van der Waals surface area contributed by atoms with E-state index in [1.165, 1.54) is 4.57 Å². The molecule has 0 bridgehead atoms. The minimum Gasteiger partial charge on any atom is -0.326 e. The quantitative estimate of drug-likeness (QED) is 0.744. The van der Waals surface area contributed by atoms with Crippen LogP contribution in [0.2, 0.25) is 0 Å². The van der Waals surface area contributed by atoms with Crippen LogP contribution in [0.15, 0.2) is 18.2 Å². The van der Waals surface area contributed by atoms with Gasteiger partial charge in [-0.05, 0) is 24.1 Å². The first kappa shape index (κ1) is 10.1. The molecule has 2 nitrogen and oxygen atoms in total. The normalized spacial score (nSPS) is 11.5. The molecule has 0 atom stereocenters. The molecule has 0 unspecified atom stereocenters. The number of hydrogen-bond donors (Lipinski definition) is 0. The molecule has 0 fully saturated rings. The fraction of sp³-hybridized carbons (Fsp3) is 0.364. The van der Waals surface area contributed by atoms with E-state index in [0.29, 0.717) is 5.52 Å². The van der Waals surface area contributed by atoms with Crippen molar-refractivity contribution in [2.45, 2.75) is 19.8 Å². The highest BCUT2D eigenvalue weighted by atomic mass is 19.3. The second kappa shape index (κ2) is 3.61. The molecule has 1 aromatic heterocycles. The largest absolute Gasteiger partial charge is 0.326 e. The molecule has 0 aliphatic heterocycles. The summed E-state index contributed by atoms with van der Waals surface area (Å²) in [4.78, 5) is 3.93. The van der Waals surface area contributed by atoms with Crippen LogP contribution in [0.3, 0.4) is 0 Å². The molecule has 0 spiro atoms. The van der Waals surface area contributed by atoms with E-state index in [0.717, 1.165) is 17.5 Å². The number of aromatic nitrogens is 2. The van der Waals surface area contributed by atoms with Gasteiger partial charge in [0.2, 0.25) is 0 Å². The smallest absolute Gasteiger partial charge is 0.295 e. The Balaban J connectivity index is 2.65. The Kier molecular flexibility index (Phi) is 2.42. The molecule has 2 rings (SSSR count). The summed E-state index contributed by atoms with van der Waals surface area (Å²) in [5.41, 5.74) is 2.51. The third kappa shape index (κ3) is 1.60. The Labute approximate surface area is 86.5 Å². The Morgan fingerprint density at radius 2 is 2.13 bits per heavy atom. The van der Waals surface area contributed by atoms with Gasteiger partial charge in [0.25, 0.3) is 6.43 Å². The molecule has 0 amide bonds. The number of alkyl halides is 2. The Bertz CT molecular complexity index is 489. The minimum atomic E-state index is -2.52. The number of hydrogen-bond acceptors (Lipinski definition) is 1. The molecule has 0 radical (unpaired) electrons. The Hall–Kier alpha value is -1.45. The number of aryl methyl sites for hydroxylation is 2. The average Bonchev–Trinajstić information content (AvgIpc) is 2.55. The average molecular weight is 210 g/mol. The van der Waals surface area contributed by atoms with E-state index in [4.69, 9.17) is 0 Å². The molecule has 0 N–H and O–H groups in total. The van der Waals surface area contributed by atoms with Gasteiger partial charge >= 0.3 is 0 Å². The second-order valence-corrected chi connectivity index (χ2v) is 3.51. The van der Waals surface area contributed by atoms with Gasteiger partial charge in [0.15, 0.2) is 5.82 Å². The van der Waals surface area contributed by atoms with Gasteiger partial charge in [-0.15, -0.1) is 0 Å². The summed E-state index contributed by atoms with van der Waals surface area (Å²) in [6.45, 7) is 2.03. The molecule has 0 aliphatic carbocycles. The third-order valence-electron chi connectivity index (χ3n) is 2.58. The Morgan fingerprint density at radius 1 is 1.40 bits per heavy atom. The Morgan fingerprint density at radius 3 is 2.73 bits per heavy atom. The first-order valence-electron chi connectivity index (χ1n) is 4.87. The molecule has 1 heterocycles. The van der Waals surface area contributed by atoms with Gasteiger partial charge in [-0.1, -0.05) is 13.0 Å². The van der Waals surface area contributed by atoms with Crippen molar-refractivity contribution in [2.24, 2.45) is 7.05 Å². The predicted molar refractivity (Wildman–Crippen MR) is 55.0 cm³/mol. The van der Waals surface area contributed by atoms with E-state index >= 15 is 0 Å². The molecule has 1 aromatic carbocycles. The van der Waals surface area contributed by atoms with Crippen molar-refractivity contribution >= 4 is 11.0 Å². The minimum absolute atomic E-state index is 0.168. The van der Waals surface area contributed by atoms with Crippen LogP contribution in [0.5, 0.6) is 0 Å². The van der Waals surface area contributed by atoms with Gasteiger partial charge < -0.3 is 4.57 Å². The number of rotatable bonds is 2. The van der Waals surface area contributed by atoms with E-state index in [2.05, 4.69) is 4.98 Å². The van der Waals surface area contributed by atoms with Crippen LogP contribution >= 0.6 is 0 Å². The third-order valence-corrected chi connectivity index (χ3v) is 2.58. The van der Waals surface area contributed by atoms with Crippen molar-refractivity contribution in [3.05, 3.63) is 29.6 Å². The topological polar surface area (TPSA) is 17.8 Å². The fourth-order valence-corrected chi connectivity index (χ4v) is 1.68. The summed E-state index contributed by atoms with van der Waals surface area (Å²) in [6.07, 6.45) is -1.64. The summed E-state index contributed by atoms with van der Waals surface area (Å²) >= 11 is 0. The molecular weight excluding hydrogens is 198 g/mol. The van der Waals surface area contributed by atoms with Crippen LogP contribution in [0.25, 0.3) is 11.0 Å². The zero-order chi connectivity index (χ0) is 11.0. The van der Waals surface area contributed by atoms with Gasteiger partial charge in [0.1, 0.15) is 0 Å². The van der Waals surface area contributed by atoms with Gasteiger partial charge in [0, 0.05) is 7.05 Å². The van der Waals surface area contributed by atoms with Crippen molar-refractivity contribution in [3.8, 4) is 0 Å². The number of benzene rings is 1. The van der Waals surface area contributed by atoms with E-state index in [-0.39, 0.29) is 5.82 Å². The lowest BCUT2D eigenvalue weighted by atomic mass is 10.1. The maximum Gasteiger partial charge on any atom is 0.295 e. The number of nitrogens with zero attached hydrogens (tertiary/aromatic N) is 2. The van der Waals surface area contributed by atoms with Crippen molar-refractivity contribution < 1.29 is 8.78 Å². The summed E-state index contributed by atoms with van der Waals surface area (Å²) in [7, 11) is 1.61. The lowest BCUT2D eigenvalue weighted by molar-refractivity contribution is 0.137. The molecule has 0 aliphatic rings. The number of imidazole rings is 1. The van der Waals surface area contributed by atoms with Crippen LogP contribution in [0.1, 0.15) is 24.7 Å². The molecule has 0 saturated carbocycles. The zero-order valence-corrected chi connectivity index (χ0v) is 8.67. The fourth-order valence-electron chi connectivity index (χ4n) is 1.68. The highest BCUT2D eigenvalue weighted by Crippen LogP contribution is 2.23. The van der Waals surface area contributed by atoms with Crippen LogP contribution in [-0.4, -0.2) is 9.55 Å².